The van der Waals surface area contributed by atoms with Crippen LogP contribution in [0.2, 0.25) is 0 Å². The molecule has 54 heavy (non-hydrogen) atoms. The van der Waals surface area contributed by atoms with Crippen LogP contribution in [0.5, 0.6) is 0 Å². The molecule has 2 aliphatic rings. The fourth-order valence-electron chi connectivity index (χ4n) is 6.55. The lowest BCUT2D eigenvalue weighted by Gasteiger charge is -2.37. The molecule has 0 spiro atoms. The highest BCUT2D eigenvalue weighted by Gasteiger charge is 2.31. The summed E-state index contributed by atoms with van der Waals surface area (Å²) in [5.41, 5.74) is 2.90. The van der Waals surface area contributed by atoms with Crippen LogP contribution in [0, 0.1) is 0 Å². The van der Waals surface area contributed by atoms with Crippen molar-refractivity contribution in [2.75, 3.05) is 51.2 Å². The fraction of sp³-hybridized carbons (Fsp3) is 0.525. The Balaban J connectivity index is 1.28. The summed E-state index contributed by atoms with van der Waals surface area (Å²) < 4.78 is 17.1. The number of esters is 1. The number of carbonyl (C=O) groups is 4. The second-order valence-electron chi connectivity index (χ2n) is 14.7. The van der Waals surface area contributed by atoms with E-state index in [1.807, 2.05) is 25.1 Å². The number of pyridine rings is 1. The molecule has 14 heteroatoms. The van der Waals surface area contributed by atoms with Crippen LogP contribution in [0.3, 0.4) is 0 Å². The van der Waals surface area contributed by atoms with Crippen LogP contribution in [-0.2, 0) is 36.8 Å². The highest BCUT2D eigenvalue weighted by Crippen LogP contribution is 2.28. The molecule has 290 valence electrons. The van der Waals surface area contributed by atoms with Gasteiger partial charge >= 0.3 is 12.1 Å². The number of anilines is 1. The summed E-state index contributed by atoms with van der Waals surface area (Å²) in [4.78, 5) is 70.8. The Bertz CT molecular complexity index is 1730. The van der Waals surface area contributed by atoms with Crippen LogP contribution in [-0.4, -0.2) is 117 Å². The van der Waals surface area contributed by atoms with Crippen molar-refractivity contribution in [2.24, 2.45) is 0 Å². The van der Waals surface area contributed by atoms with Gasteiger partial charge in [-0.15, -0.1) is 0 Å². The zero-order valence-corrected chi connectivity index (χ0v) is 32.1. The molecule has 2 fully saturated rings. The first-order valence-electron chi connectivity index (χ1n) is 18.9. The van der Waals surface area contributed by atoms with E-state index >= 15 is 0 Å². The molecule has 0 atom stereocenters. The lowest BCUT2D eigenvalue weighted by Crippen LogP contribution is -2.45. The Morgan fingerprint density at radius 3 is 2.30 bits per heavy atom. The molecule has 2 saturated heterocycles. The van der Waals surface area contributed by atoms with Crippen LogP contribution in [0.15, 0.2) is 55.1 Å². The zero-order chi connectivity index (χ0) is 38.7. The Morgan fingerprint density at radius 1 is 0.926 bits per heavy atom. The molecule has 0 radical (unpaired) electrons. The second kappa shape index (κ2) is 18.9. The monoisotopic (exact) mass is 743 g/mol. The van der Waals surface area contributed by atoms with Crippen molar-refractivity contribution in [3.05, 3.63) is 72.1 Å². The maximum Gasteiger partial charge on any atom is 0.411 e. The number of amides is 3. The molecule has 3 amide bonds. The summed E-state index contributed by atoms with van der Waals surface area (Å²) in [5.74, 6) is -1.02. The Labute approximate surface area is 317 Å². The predicted molar refractivity (Wildman–Crippen MR) is 202 cm³/mol. The van der Waals surface area contributed by atoms with Gasteiger partial charge in [0, 0.05) is 44.1 Å². The number of carbonyl (C=O) groups excluding carboxylic acids is 4. The summed E-state index contributed by atoms with van der Waals surface area (Å²) in [6.07, 6.45) is 7.91. The van der Waals surface area contributed by atoms with Crippen LogP contribution in [0.25, 0.3) is 11.1 Å². The van der Waals surface area contributed by atoms with Gasteiger partial charge in [-0.2, -0.15) is 0 Å². The van der Waals surface area contributed by atoms with E-state index in [4.69, 9.17) is 14.2 Å². The Hall–Kier alpha value is -4.95. The van der Waals surface area contributed by atoms with E-state index in [0.29, 0.717) is 44.8 Å². The van der Waals surface area contributed by atoms with Crippen molar-refractivity contribution >= 4 is 29.6 Å². The van der Waals surface area contributed by atoms with Crippen molar-refractivity contribution in [3.63, 3.8) is 0 Å². The van der Waals surface area contributed by atoms with E-state index in [0.717, 1.165) is 49.0 Å². The summed E-state index contributed by atoms with van der Waals surface area (Å²) in [5, 5.41) is 2.90. The van der Waals surface area contributed by atoms with Gasteiger partial charge in [0.25, 0.3) is 5.91 Å². The number of aromatic nitrogens is 3. The first-order chi connectivity index (χ1) is 25.9. The molecule has 3 aromatic rings. The maximum atomic E-state index is 14.1. The maximum absolute atomic E-state index is 14.1. The number of rotatable bonds is 13. The topological polar surface area (TPSA) is 156 Å². The smallest absolute Gasteiger partial charge is 0.411 e. The van der Waals surface area contributed by atoms with Gasteiger partial charge in [0.05, 0.1) is 43.3 Å². The fourth-order valence-corrected chi connectivity index (χ4v) is 6.55. The molecule has 0 bridgehead atoms. The molecule has 2 aromatic heterocycles. The van der Waals surface area contributed by atoms with Gasteiger partial charge in [-0.1, -0.05) is 31.2 Å². The van der Waals surface area contributed by atoms with Gasteiger partial charge in [-0.3, -0.25) is 24.2 Å². The summed E-state index contributed by atoms with van der Waals surface area (Å²) >= 11 is 0. The molecular weight excluding hydrogens is 690 g/mol. The highest BCUT2D eigenvalue weighted by molar-refractivity contribution is 6.03. The quantitative estimate of drug-likeness (QED) is 0.232. The van der Waals surface area contributed by atoms with Crippen LogP contribution in [0.1, 0.15) is 82.0 Å². The minimum atomic E-state index is -0.788. The SMILES string of the molecule is CCOC(=O)CN1CCC(OC2CCN(C(=O)c3ncc(-c4cccc(CC)c4)cc3NC(=O)CN(Cc3ccncn3)C(=O)OC(C)(C)C)CC2)CC1. The third kappa shape index (κ3) is 11.8. The van der Waals surface area contributed by atoms with Gasteiger partial charge < -0.3 is 24.4 Å². The Morgan fingerprint density at radius 2 is 1.65 bits per heavy atom. The van der Waals surface area contributed by atoms with E-state index in [9.17, 15) is 19.2 Å². The normalized spacial score (nSPS) is 15.8. The highest BCUT2D eigenvalue weighted by atomic mass is 16.6. The van der Waals surface area contributed by atoms with Crippen LogP contribution >= 0.6 is 0 Å². The molecule has 0 saturated carbocycles. The van der Waals surface area contributed by atoms with Crippen molar-refractivity contribution < 1.29 is 33.4 Å². The van der Waals surface area contributed by atoms with Crippen molar-refractivity contribution in [1.29, 1.82) is 0 Å². The predicted octanol–water partition coefficient (Wildman–Crippen LogP) is 5.13. The number of hydrogen-bond donors (Lipinski definition) is 1. The van der Waals surface area contributed by atoms with Gasteiger partial charge in [-0.25, -0.2) is 19.7 Å². The van der Waals surface area contributed by atoms with E-state index in [2.05, 4.69) is 38.2 Å². The zero-order valence-electron chi connectivity index (χ0n) is 32.1. The van der Waals surface area contributed by atoms with Crippen molar-refractivity contribution in [1.82, 2.24) is 29.7 Å². The van der Waals surface area contributed by atoms with Gasteiger partial charge in [0.2, 0.25) is 5.91 Å². The van der Waals surface area contributed by atoms with E-state index in [1.54, 1.807) is 50.2 Å². The number of piperidine rings is 2. The molecular formula is C40H53N7O7. The first-order valence-corrected chi connectivity index (χ1v) is 18.9. The second-order valence-corrected chi connectivity index (χ2v) is 14.7. The average molecular weight is 744 g/mol. The molecule has 0 aliphatic carbocycles. The summed E-state index contributed by atoms with van der Waals surface area (Å²) in [6, 6.07) is 11.5. The van der Waals surface area contributed by atoms with Gasteiger partial charge in [0.15, 0.2) is 5.69 Å². The van der Waals surface area contributed by atoms with Crippen molar-refractivity contribution in [2.45, 2.75) is 91.1 Å². The number of nitrogens with one attached hydrogen (secondary N) is 1. The molecule has 1 N–H and O–H groups in total. The molecule has 5 rings (SSSR count). The van der Waals surface area contributed by atoms with Crippen LogP contribution in [0.4, 0.5) is 10.5 Å². The third-order valence-electron chi connectivity index (χ3n) is 9.32. The van der Waals surface area contributed by atoms with Gasteiger partial charge in [0.1, 0.15) is 18.5 Å². The first kappa shape index (κ1) is 40.2. The van der Waals surface area contributed by atoms with Gasteiger partial charge in [-0.05, 0) is 83.1 Å². The number of hydrogen-bond acceptors (Lipinski definition) is 11. The minimum Gasteiger partial charge on any atom is -0.465 e. The van der Waals surface area contributed by atoms with Crippen molar-refractivity contribution in [3.8, 4) is 11.1 Å². The standard InChI is InChI=1S/C40H53N7O7/c1-6-28-9-8-10-29(21-28)30-22-34(44-35(48)25-47(39(51)54-40(3,4)5)24-31-11-16-41-27-43-31)37(42-23-30)38(50)46-19-14-33(15-20-46)53-32-12-17-45(18-13-32)26-36(49)52-7-2/h8-11,16,21-23,27,32-33H,6-7,12-15,17-20,24-26H2,1-5H3,(H,44,48). The van der Waals surface area contributed by atoms with E-state index < -0.39 is 17.6 Å². The number of aryl methyl sites for hydroxylation is 1. The van der Waals surface area contributed by atoms with Crippen LogP contribution < -0.4 is 5.32 Å². The third-order valence-corrected chi connectivity index (χ3v) is 9.32. The number of nitrogens with zero attached hydrogens (tertiary/aromatic N) is 6. The number of likely N-dealkylation sites (tertiary alicyclic amines) is 2. The van der Waals surface area contributed by atoms with E-state index in [1.165, 1.54) is 11.2 Å². The summed E-state index contributed by atoms with van der Waals surface area (Å²) in [7, 11) is 0. The summed E-state index contributed by atoms with van der Waals surface area (Å²) in [6.45, 7) is 12.0. The lowest BCUT2D eigenvalue weighted by atomic mass is 10.0. The largest absolute Gasteiger partial charge is 0.465 e. The molecule has 2 aliphatic heterocycles. The number of benzene rings is 1. The number of ether oxygens (including phenoxy) is 3. The average Bonchev–Trinajstić information content (AvgIpc) is 3.15. The molecule has 0 unspecified atom stereocenters. The Kier molecular flexibility index (Phi) is 14.1. The minimum absolute atomic E-state index is 0.0163. The molecule has 1 aromatic carbocycles. The van der Waals surface area contributed by atoms with E-state index in [-0.39, 0.29) is 48.6 Å². The lowest BCUT2D eigenvalue weighted by molar-refractivity contribution is -0.145. The molecule has 4 heterocycles. The molecule has 14 nitrogen and oxygen atoms in total.